The van der Waals surface area contributed by atoms with Crippen LogP contribution in [0.3, 0.4) is 0 Å². The maximum Gasteiger partial charge on any atom is 0.261 e. The number of nitrogens with one attached hydrogen (secondary N) is 1. The molecule has 0 unspecified atom stereocenters. The van der Waals surface area contributed by atoms with Crippen molar-refractivity contribution in [2.75, 3.05) is 11.3 Å². The highest BCUT2D eigenvalue weighted by atomic mass is 32.2. The van der Waals surface area contributed by atoms with E-state index in [2.05, 4.69) is 9.71 Å². The van der Waals surface area contributed by atoms with Crippen LogP contribution in [0.5, 0.6) is 0 Å². The van der Waals surface area contributed by atoms with Crippen LogP contribution < -0.4 is 10.5 Å². The fourth-order valence-electron chi connectivity index (χ4n) is 1.78. The van der Waals surface area contributed by atoms with Crippen molar-refractivity contribution in [1.82, 2.24) is 4.98 Å². The first-order valence-corrected chi connectivity index (χ1v) is 7.82. The molecule has 20 heavy (non-hydrogen) atoms. The highest BCUT2D eigenvalue weighted by Crippen LogP contribution is 2.16. The van der Waals surface area contributed by atoms with Crippen LogP contribution in [0.15, 0.2) is 53.7 Å². The monoisotopic (exact) mass is 291 g/mol. The van der Waals surface area contributed by atoms with E-state index in [1.165, 1.54) is 12.4 Å². The summed E-state index contributed by atoms with van der Waals surface area (Å²) in [7, 11) is -3.55. The Balaban J connectivity index is 2.13. The molecule has 0 radical (unpaired) electrons. The van der Waals surface area contributed by atoms with Crippen LogP contribution in [0.25, 0.3) is 0 Å². The molecule has 0 atom stereocenters. The van der Waals surface area contributed by atoms with Crippen molar-refractivity contribution in [2.24, 2.45) is 5.73 Å². The molecule has 0 saturated carbocycles. The summed E-state index contributed by atoms with van der Waals surface area (Å²) in [5, 5.41) is 0. The summed E-state index contributed by atoms with van der Waals surface area (Å²) >= 11 is 0. The van der Waals surface area contributed by atoms with Crippen molar-refractivity contribution in [1.29, 1.82) is 0 Å². The first-order chi connectivity index (χ1) is 9.62. The molecule has 1 aromatic heterocycles. The van der Waals surface area contributed by atoms with Gasteiger partial charge in [0.2, 0.25) is 0 Å². The maximum absolute atomic E-state index is 12.2. The third-order valence-electron chi connectivity index (χ3n) is 2.84. The molecule has 2 aromatic rings. The number of aryl methyl sites for hydroxylation is 1. The van der Waals surface area contributed by atoms with Gasteiger partial charge in [-0.2, -0.15) is 0 Å². The Morgan fingerprint density at radius 3 is 2.30 bits per heavy atom. The molecule has 2 rings (SSSR count). The zero-order valence-corrected chi connectivity index (χ0v) is 11.8. The molecule has 0 spiro atoms. The van der Waals surface area contributed by atoms with Gasteiger partial charge in [-0.05, 0) is 49.2 Å². The van der Waals surface area contributed by atoms with E-state index < -0.39 is 10.0 Å². The van der Waals surface area contributed by atoms with Gasteiger partial charge in [-0.25, -0.2) is 8.42 Å². The number of benzene rings is 1. The van der Waals surface area contributed by atoms with Gasteiger partial charge in [-0.3, -0.25) is 9.71 Å². The molecule has 5 nitrogen and oxygen atoms in total. The van der Waals surface area contributed by atoms with Gasteiger partial charge in [0.05, 0.1) is 10.6 Å². The summed E-state index contributed by atoms with van der Waals surface area (Å²) in [5.41, 5.74) is 7.03. The van der Waals surface area contributed by atoms with Crippen LogP contribution in [0.1, 0.15) is 12.0 Å². The van der Waals surface area contributed by atoms with E-state index in [-0.39, 0.29) is 4.90 Å². The van der Waals surface area contributed by atoms with Gasteiger partial charge in [-0.15, -0.1) is 0 Å². The second-order valence-electron chi connectivity index (χ2n) is 4.38. The molecule has 1 aromatic carbocycles. The molecule has 0 saturated heterocycles. The maximum atomic E-state index is 12.2. The molecular weight excluding hydrogens is 274 g/mol. The Morgan fingerprint density at radius 1 is 1.05 bits per heavy atom. The summed E-state index contributed by atoms with van der Waals surface area (Å²) in [4.78, 5) is 4.08. The fraction of sp³-hybridized carbons (Fsp3) is 0.214. The lowest BCUT2D eigenvalue weighted by molar-refractivity contribution is 0.601. The number of rotatable bonds is 6. The van der Waals surface area contributed by atoms with Crippen LogP contribution in [-0.2, 0) is 16.4 Å². The highest BCUT2D eigenvalue weighted by molar-refractivity contribution is 7.92. The Hall–Kier alpha value is -1.92. The number of hydrogen-bond acceptors (Lipinski definition) is 4. The van der Waals surface area contributed by atoms with Gasteiger partial charge < -0.3 is 5.73 Å². The number of pyridine rings is 1. The quantitative estimate of drug-likeness (QED) is 0.849. The number of aromatic nitrogens is 1. The number of nitrogens with two attached hydrogens (primary N) is 1. The largest absolute Gasteiger partial charge is 0.330 e. The van der Waals surface area contributed by atoms with Gasteiger partial charge in [0.25, 0.3) is 10.0 Å². The summed E-state index contributed by atoms with van der Waals surface area (Å²) < 4.78 is 26.9. The number of nitrogens with zero attached hydrogens (tertiary/aromatic N) is 1. The highest BCUT2D eigenvalue weighted by Gasteiger charge is 2.13. The Labute approximate surface area is 118 Å². The van der Waals surface area contributed by atoms with Crippen molar-refractivity contribution in [3.63, 3.8) is 0 Å². The molecule has 0 fully saturated rings. The lowest BCUT2D eigenvalue weighted by atomic mass is 10.1. The molecule has 1 heterocycles. The Morgan fingerprint density at radius 2 is 1.70 bits per heavy atom. The van der Waals surface area contributed by atoms with Crippen LogP contribution in [0, 0.1) is 0 Å². The normalized spacial score (nSPS) is 11.2. The minimum Gasteiger partial charge on any atom is -0.330 e. The van der Waals surface area contributed by atoms with Crippen LogP contribution in [0.4, 0.5) is 5.69 Å². The van der Waals surface area contributed by atoms with E-state index in [0.717, 1.165) is 18.4 Å². The standard InChI is InChI=1S/C14H17N3O2S/c15-9-1-2-12-3-5-14(6-4-12)20(18,19)17-13-7-10-16-11-8-13/h3-8,10-11H,1-2,9,15H2,(H,16,17). The van der Waals surface area contributed by atoms with Crippen LogP contribution >= 0.6 is 0 Å². The summed E-state index contributed by atoms with van der Waals surface area (Å²) in [6.07, 6.45) is 4.82. The SMILES string of the molecule is NCCCc1ccc(S(=O)(=O)Nc2ccncc2)cc1. The minimum atomic E-state index is -3.55. The van der Waals surface area contributed by atoms with Crippen LogP contribution in [-0.4, -0.2) is 19.9 Å². The number of anilines is 1. The zero-order valence-electron chi connectivity index (χ0n) is 11.0. The fourth-order valence-corrected chi connectivity index (χ4v) is 2.83. The molecule has 3 N–H and O–H groups in total. The second-order valence-corrected chi connectivity index (χ2v) is 6.06. The average Bonchev–Trinajstić information content (AvgIpc) is 2.46. The van der Waals surface area contributed by atoms with Crippen molar-refractivity contribution in [2.45, 2.75) is 17.7 Å². The Kier molecular flexibility index (Phi) is 4.70. The Bertz CT molecular complexity index is 640. The predicted octanol–water partition coefficient (Wildman–Crippen LogP) is 1.77. The van der Waals surface area contributed by atoms with Crippen LogP contribution in [0.2, 0.25) is 0 Å². The van der Waals surface area contributed by atoms with Gasteiger partial charge >= 0.3 is 0 Å². The van der Waals surface area contributed by atoms with Gasteiger partial charge in [0.15, 0.2) is 0 Å². The van der Waals surface area contributed by atoms with Crippen molar-refractivity contribution < 1.29 is 8.42 Å². The van der Waals surface area contributed by atoms with Gasteiger partial charge in [-0.1, -0.05) is 12.1 Å². The average molecular weight is 291 g/mol. The van der Waals surface area contributed by atoms with E-state index in [1.54, 1.807) is 24.3 Å². The first kappa shape index (κ1) is 14.5. The van der Waals surface area contributed by atoms with E-state index in [4.69, 9.17) is 5.73 Å². The minimum absolute atomic E-state index is 0.241. The zero-order chi connectivity index (χ0) is 14.4. The third-order valence-corrected chi connectivity index (χ3v) is 4.23. The first-order valence-electron chi connectivity index (χ1n) is 6.34. The summed E-state index contributed by atoms with van der Waals surface area (Å²) in [6, 6.07) is 10.1. The van der Waals surface area contributed by atoms with Crippen molar-refractivity contribution in [3.05, 3.63) is 54.4 Å². The van der Waals surface area contributed by atoms with E-state index in [0.29, 0.717) is 12.2 Å². The second kappa shape index (κ2) is 6.49. The predicted molar refractivity (Wildman–Crippen MR) is 78.9 cm³/mol. The number of hydrogen-bond donors (Lipinski definition) is 2. The number of sulfonamides is 1. The van der Waals surface area contributed by atoms with E-state index in [1.807, 2.05) is 12.1 Å². The van der Waals surface area contributed by atoms with E-state index >= 15 is 0 Å². The molecule has 0 aliphatic heterocycles. The molecule has 0 bridgehead atoms. The molecule has 0 amide bonds. The molecule has 106 valence electrons. The lowest BCUT2D eigenvalue weighted by Gasteiger charge is -2.08. The van der Waals surface area contributed by atoms with E-state index in [9.17, 15) is 8.42 Å². The third kappa shape index (κ3) is 3.79. The lowest BCUT2D eigenvalue weighted by Crippen LogP contribution is -2.13. The molecule has 6 heteroatoms. The van der Waals surface area contributed by atoms with Crippen molar-refractivity contribution >= 4 is 15.7 Å². The van der Waals surface area contributed by atoms with Gasteiger partial charge in [0, 0.05) is 12.4 Å². The van der Waals surface area contributed by atoms with Crippen molar-refractivity contribution in [3.8, 4) is 0 Å². The molecule has 0 aliphatic carbocycles. The summed E-state index contributed by atoms with van der Waals surface area (Å²) in [6.45, 7) is 0.629. The topological polar surface area (TPSA) is 85.1 Å². The summed E-state index contributed by atoms with van der Waals surface area (Å²) in [5.74, 6) is 0. The molecular formula is C14H17N3O2S. The smallest absolute Gasteiger partial charge is 0.261 e. The molecule has 0 aliphatic rings. The van der Waals surface area contributed by atoms with Gasteiger partial charge in [0.1, 0.15) is 0 Å².